The molecule has 0 nitrogen and oxygen atoms in total. The normalized spacial score (nSPS) is 19.1. The van der Waals surface area contributed by atoms with Crippen molar-refractivity contribution in [2.24, 2.45) is 23.7 Å². The molecule has 0 rings (SSSR count). The molecule has 0 fully saturated rings. The summed E-state index contributed by atoms with van der Waals surface area (Å²) >= 11 is 0. The highest BCUT2D eigenvalue weighted by Gasteiger charge is 2.22. The summed E-state index contributed by atoms with van der Waals surface area (Å²) < 4.78 is 0. The minimum atomic E-state index is 0.910. The number of rotatable bonds is 9. The van der Waals surface area contributed by atoms with E-state index >= 15 is 0 Å². The van der Waals surface area contributed by atoms with Gasteiger partial charge in [0, 0.05) is 0 Å². The summed E-state index contributed by atoms with van der Waals surface area (Å²) in [5, 5.41) is 0. The minimum absolute atomic E-state index is 0.910. The highest BCUT2D eigenvalue weighted by atomic mass is 14.3. The molecule has 0 spiro atoms. The van der Waals surface area contributed by atoms with E-state index in [4.69, 9.17) is 0 Å². The topological polar surface area (TPSA) is 0 Å². The summed E-state index contributed by atoms with van der Waals surface area (Å²) in [7, 11) is 0. The van der Waals surface area contributed by atoms with E-state index in [0.29, 0.717) is 0 Å². The summed E-state index contributed by atoms with van der Waals surface area (Å²) in [6, 6.07) is 0. The molecule has 0 aromatic heterocycles. The van der Waals surface area contributed by atoms with Crippen LogP contribution in [0.25, 0.3) is 0 Å². The Kier molecular flexibility index (Phi) is 9.07. The number of hydrogen-bond acceptors (Lipinski definition) is 0. The van der Waals surface area contributed by atoms with Gasteiger partial charge in [-0.3, -0.25) is 0 Å². The molecule has 0 heteroatoms. The SMILES string of the molecule is CCCC(C)CC(C)C(CC)C(C)CCC. The maximum Gasteiger partial charge on any atom is -0.0365 e. The number of hydrogen-bond donors (Lipinski definition) is 0. The highest BCUT2D eigenvalue weighted by Crippen LogP contribution is 2.32. The molecule has 0 aromatic rings. The molecule has 0 N–H and O–H groups in total. The van der Waals surface area contributed by atoms with Gasteiger partial charge >= 0.3 is 0 Å². The average Bonchev–Trinajstić information content (AvgIpc) is 2.19. The third-order valence-electron chi connectivity index (χ3n) is 4.23. The second-order valence-corrected chi connectivity index (χ2v) is 5.94. The van der Waals surface area contributed by atoms with Gasteiger partial charge < -0.3 is 0 Å². The second kappa shape index (κ2) is 9.07. The van der Waals surface area contributed by atoms with Crippen molar-refractivity contribution < 1.29 is 0 Å². The molecule has 0 bridgehead atoms. The van der Waals surface area contributed by atoms with Crippen LogP contribution >= 0.6 is 0 Å². The lowest BCUT2D eigenvalue weighted by atomic mass is 9.76. The van der Waals surface area contributed by atoms with E-state index in [-0.39, 0.29) is 0 Å². The van der Waals surface area contributed by atoms with Crippen molar-refractivity contribution in [2.45, 2.75) is 80.1 Å². The lowest BCUT2D eigenvalue weighted by Crippen LogP contribution is -2.21. The molecule has 0 aliphatic heterocycles. The maximum atomic E-state index is 2.48. The first-order chi connectivity index (χ1) is 7.56. The van der Waals surface area contributed by atoms with Crippen molar-refractivity contribution in [3.8, 4) is 0 Å². The molecule has 0 aliphatic rings. The van der Waals surface area contributed by atoms with Crippen LogP contribution < -0.4 is 0 Å². The molecule has 0 radical (unpaired) electrons. The minimum Gasteiger partial charge on any atom is -0.0654 e. The largest absolute Gasteiger partial charge is 0.0654 e. The van der Waals surface area contributed by atoms with E-state index in [0.717, 1.165) is 23.7 Å². The molecule has 0 saturated heterocycles. The summed E-state index contributed by atoms with van der Waals surface area (Å²) in [5.41, 5.74) is 0. The van der Waals surface area contributed by atoms with E-state index in [1.54, 1.807) is 0 Å². The van der Waals surface area contributed by atoms with Gasteiger partial charge in [-0.1, -0.05) is 73.6 Å². The second-order valence-electron chi connectivity index (χ2n) is 5.94. The van der Waals surface area contributed by atoms with Crippen LogP contribution in [-0.2, 0) is 0 Å². The van der Waals surface area contributed by atoms with Crippen LogP contribution in [0.4, 0.5) is 0 Å². The molecule has 0 saturated carbocycles. The fourth-order valence-corrected chi connectivity index (χ4v) is 3.46. The van der Waals surface area contributed by atoms with Crippen molar-refractivity contribution in [1.82, 2.24) is 0 Å². The summed E-state index contributed by atoms with van der Waals surface area (Å²) in [4.78, 5) is 0. The van der Waals surface area contributed by atoms with Crippen LogP contribution in [0.15, 0.2) is 0 Å². The Balaban J connectivity index is 4.13. The van der Waals surface area contributed by atoms with Crippen LogP contribution in [0.5, 0.6) is 0 Å². The van der Waals surface area contributed by atoms with E-state index in [9.17, 15) is 0 Å². The van der Waals surface area contributed by atoms with Crippen molar-refractivity contribution in [2.75, 3.05) is 0 Å². The van der Waals surface area contributed by atoms with E-state index in [1.165, 1.54) is 38.5 Å². The zero-order valence-corrected chi connectivity index (χ0v) is 12.6. The molecule has 0 amide bonds. The van der Waals surface area contributed by atoms with E-state index < -0.39 is 0 Å². The van der Waals surface area contributed by atoms with Crippen molar-refractivity contribution in [3.63, 3.8) is 0 Å². The van der Waals surface area contributed by atoms with Gasteiger partial charge in [-0.15, -0.1) is 0 Å². The quantitative estimate of drug-likeness (QED) is 0.458. The molecular weight excluding hydrogens is 192 g/mol. The molecular formula is C16H34. The van der Waals surface area contributed by atoms with E-state index in [2.05, 4.69) is 41.5 Å². The van der Waals surface area contributed by atoms with Crippen LogP contribution in [0, 0.1) is 23.7 Å². The summed E-state index contributed by atoms with van der Waals surface area (Å²) in [6.07, 6.45) is 8.29. The molecule has 16 heavy (non-hydrogen) atoms. The highest BCUT2D eigenvalue weighted by molar-refractivity contribution is 4.72. The summed E-state index contributed by atoms with van der Waals surface area (Å²) in [5.74, 6) is 3.69. The van der Waals surface area contributed by atoms with Gasteiger partial charge in [0.1, 0.15) is 0 Å². The van der Waals surface area contributed by atoms with Crippen LogP contribution in [0.2, 0.25) is 0 Å². The van der Waals surface area contributed by atoms with Crippen molar-refractivity contribution in [3.05, 3.63) is 0 Å². The Morgan fingerprint density at radius 3 is 1.75 bits per heavy atom. The van der Waals surface area contributed by atoms with Crippen LogP contribution in [0.3, 0.4) is 0 Å². The molecule has 0 aliphatic carbocycles. The molecule has 4 unspecified atom stereocenters. The zero-order valence-electron chi connectivity index (χ0n) is 12.6. The Labute approximate surface area is 104 Å². The molecule has 0 aromatic carbocycles. The van der Waals surface area contributed by atoms with Crippen molar-refractivity contribution in [1.29, 1.82) is 0 Å². The first-order valence-corrected chi connectivity index (χ1v) is 7.56. The lowest BCUT2D eigenvalue weighted by molar-refractivity contribution is 0.202. The average molecular weight is 226 g/mol. The first-order valence-electron chi connectivity index (χ1n) is 7.56. The van der Waals surface area contributed by atoms with Gasteiger partial charge in [0.05, 0.1) is 0 Å². The Hall–Kier alpha value is 0. The zero-order chi connectivity index (χ0) is 12.6. The predicted octanol–water partition coefficient (Wildman–Crippen LogP) is 5.91. The standard InChI is InChI=1S/C16H34/c1-7-10-13(4)12-15(6)16(9-3)14(5)11-8-2/h13-16H,7-12H2,1-6H3. The Morgan fingerprint density at radius 1 is 0.750 bits per heavy atom. The lowest BCUT2D eigenvalue weighted by Gasteiger charge is -2.30. The third-order valence-corrected chi connectivity index (χ3v) is 4.23. The third kappa shape index (κ3) is 5.92. The maximum absolute atomic E-state index is 2.48. The van der Waals surface area contributed by atoms with Crippen LogP contribution in [-0.4, -0.2) is 0 Å². The van der Waals surface area contributed by atoms with Gasteiger partial charge in [0.15, 0.2) is 0 Å². The van der Waals surface area contributed by atoms with Gasteiger partial charge in [0.25, 0.3) is 0 Å². The predicted molar refractivity (Wildman–Crippen MR) is 75.7 cm³/mol. The smallest absolute Gasteiger partial charge is 0.0365 e. The molecule has 0 heterocycles. The summed E-state index contributed by atoms with van der Waals surface area (Å²) in [6.45, 7) is 14.4. The van der Waals surface area contributed by atoms with Gasteiger partial charge in [-0.2, -0.15) is 0 Å². The van der Waals surface area contributed by atoms with Gasteiger partial charge in [-0.25, -0.2) is 0 Å². The molecule has 4 atom stereocenters. The van der Waals surface area contributed by atoms with Gasteiger partial charge in [-0.05, 0) is 30.1 Å². The van der Waals surface area contributed by atoms with Crippen LogP contribution in [0.1, 0.15) is 80.1 Å². The van der Waals surface area contributed by atoms with E-state index in [1.807, 2.05) is 0 Å². The molecule has 98 valence electrons. The monoisotopic (exact) mass is 226 g/mol. The fourth-order valence-electron chi connectivity index (χ4n) is 3.46. The first kappa shape index (κ1) is 16.0. The fraction of sp³-hybridized carbons (Fsp3) is 1.00. The van der Waals surface area contributed by atoms with Crippen molar-refractivity contribution >= 4 is 0 Å². The Bertz CT molecular complexity index is 150. The van der Waals surface area contributed by atoms with Gasteiger partial charge in [0.2, 0.25) is 0 Å². The Morgan fingerprint density at radius 2 is 1.31 bits per heavy atom.